The molecule has 0 saturated carbocycles. The maximum atomic E-state index is 5.25. The van der Waals surface area contributed by atoms with Crippen molar-refractivity contribution in [1.29, 1.82) is 0 Å². The van der Waals surface area contributed by atoms with Gasteiger partial charge in [0.25, 0.3) is 0 Å². The fourth-order valence-electron chi connectivity index (χ4n) is 0.757. The van der Waals surface area contributed by atoms with Crippen LogP contribution in [0.1, 0.15) is 6.92 Å². The summed E-state index contributed by atoms with van der Waals surface area (Å²) >= 11 is 2.16. The molecule has 0 amide bonds. The van der Waals surface area contributed by atoms with Crippen molar-refractivity contribution >= 4 is 22.6 Å². The van der Waals surface area contributed by atoms with Crippen LogP contribution in [0.4, 0.5) is 0 Å². The maximum absolute atomic E-state index is 5.25. The molecule has 0 bridgehead atoms. The first-order chi connectivity index (χ1) is 6.91. The lowest BCUT2D eigenvalue weighted by molar-refractivity contribution is 0.00476. The third-order valence-electron chi connectivity index (χ3n) is 1.40. The molecule has 0 aliphatic heterocycles. The Bertz CT molecular complexity index is 90.8. The molecule has 14 heavy (non-hydrogen) atoms. The van der Waals surface area contributed by atoms with Crippen LogP contribution in [0.15, 0.2) is 0 Å². The summed E-state index contributed by atoms with van der Waals surface area (Å²) in [6, 6.07) is 0. The highest BCUT2D eigenvalue weighted by molar-refractivity contribution is 14.1. The lowest BCUT2D eigenvalue weighted by Gasteiger charge is -2.05. The Kier molecular flexibility index (Phi) is 14.1. The molecule has 4 nitrogen and oxygen atoms in total. The Balaban J connectivity index is 2.78. The van der Waals surface area contributed by atoms with Crippen molar-refractivity contribution in [3.05, 3.63) is 0 Å². The molecule has 0 atom stereocenters. The van der Waals surface area contributed by atoms with Crippen molar-refractivity contribution in [2.75, 3.05) is 50.9 Å². The summed E-state index contributed by atoms with van der Waals surface area (Å²) in [5.74, 6) is 0. The topological polar surface area (TPSA) is 36.9 Å². The van der Waals surface area contributed by atoms with E-state index in [4.69, 9.17) is 18.9 Å². The van der Waals surface area contributed by atoms with Gasteiger partial charge >= 0.3 is 0 Å². The molecule has 0 aliphatic carbocycles. The van der Waals surface area contributed by atoms with E-state index in [2.05, 4.69) is 22.6 Å². The van der Waals surface area contributed by atoms with Crippen LogP contribution in [0.3, 0.4) is 0 Å². The van der Waals surface area contributed by atoms with E-state index in [-0.39, 0.29) is 0 Å². The molecular weight excluding hydrogens is 299 g/mol. The first kappa shape index (κ1) is 14.6. The number of hydrogen-bond donors (Lipinski definition) is 0. The van der Waals surface area contributed by atoms with Gasteiger partial charge in [-0.3, -0.25) is 0 Å². The van der Waals surface area contributed by atoms with Gasteiger partial charge in [-0.05, 0) is 6.92 Å². The minimum Gasteiger partial charge on any atom is -0.379 e. The number of ether oxygens (including phenoxy) is 4. The zero-order valence-electron chi connectivity index (χ0n) is 8.67. The fourth-order valence-corrected chi connectivity index (χ4v) is 1.07. The van der Waals surface area contributed by atoms with Crippen LogP contribution in [-0.4, -0.2) is 50.9 Å². The highest BCUT2D eigenvalue weighted by Crippen LogP contribution is 1.85. The van der Waals surface area contributed by atoms with Gasteiger partial charge in [-0.1, -0.05) is 22.6 Å². The standard InChI is InChI=1S/C9H19IO4/c1-2-11-3-4-12-5-6-13-7-8-14-9-10/h2-9H2,1H3. The lowest BCUT2D eigenvalue weighted by Crippen LogP contribution is -2.11. The molecular formula is C9H19IO4. The molecule has 0 aromatic heterocycles. The molecule has 0 heterocycles. The van der Waals surface area contributed by atoms with Crippen LogP contribution in [0.25, 0.3) is 0 Å². The number of hydrogen-bond acceptors (Lipinski definition) is 4. The highest BCUT2D eigenvalue weighted by Gasteiger charge is 1.90. The van der Waals surface area contributed by atoms with Crippen molar-refractivity contribution in [3.8, 4) is 0 Å². The molecule has 0 spiro atoms. The Morgan fingerprint density at radius 3 is 1.57 bits per heavy atom. The summed E-state index contributed by atoms with van der Waals surface area (Å²) in [5, 5.41) is 0. The monoisotopic (exact) mass is 318 g/mol. The van der Waals surface area contributed by atoms with Gasteiger partial charge in [0.15, 0.2) is 0 Å². The van der Waals surface area contributed by atoms with E-state index in [9.17, 15) is 0 Å². The molecule has 86 valence electrons. The van der Waals surface area contributed by atoms with Crippen LogP contribution in [-0.2, 0) is 18.9 Å². The van der Waals surface area contributed by atoms with Crippen LogP contribution >= 0.6 is 22.6 Å². The summed E-state index contributed by atoms with van der Waals surface area (Å²) < 4.78 is 21.4. The molecule has 5 heteroatoms. The predicted octanol–water partition coefficient (Wildman–Crippen LogP) is 1.47. The molecule has 0 N–H and O–H groups in total. The molecule has 0 rings (SSSR count). The van der Waals surface area contributed by atoms with E-state index in [1.165, 1.54) is 0 Å². The van der Waals surface area contributed by atoms with E-state index in [1.54, 1.807) is 0 Å². The van der Waals surface area contributed by atoms with Gasteiger partial charge in [0.05, 0.1) is 44.3 Å². The summed E-state index contributed by atoms with van der Waals surface area (Å²) in [6.45, 7) is 6.55. The van der Waals surface area contributed by atoms with E-state index in [0.29, 0.717) is 44.3 Å². The van der Waals surface area contributed by atoms with Gasteiger partial charge < -0.3 is 18.9 Å². The van der Waals surface area contributed by atoms with E-state index >= 15 is 0 Å². The van der Waals surface area contributed by atoms with Crippen LogP contribution in [0.2, 0.25) is 0 Å². The summed E-state index contributed by atoms with van der Waals surface area (Å²) in [6.07, 6.45) is 0. The second-order valence-corrected chi connectivity index (χ2v) is 3.06. The SMILES string of the molecule is CCOCCOCCOCCOCI. The van der Waals surface area contributed by atoms with Crippen LogP contribution < -0.4 is 0 Å². The van der Waals surface area contributed by atoms with Gasteiger partial charge in [0.1, 0.15) is 0 Å². The van der Waals surface area contributed by atoms with E-state index in [0.717, 1.165) is 6.61 Å². The van der Waals surface area contributed by atoms with Crippen molar-refractivity contribution in [1.82, 2.24) is 0 Å². The lowest BCUT2D eigenvalue weighted by atomic mass is 10.7. The third kappa shape index (κ3) is 12.6. The van der Waals surface area contributed by atoms with Crippen molar-refractivity contribution < 1.29 is 18.9 Å². The van der Waals surface area contributed by atoms with Gasteiger partial charge in [-0.15, -0.1) is 0 Å². The minimum absolute atomic E-state index is 0.622. The smallest absolute Gasteiger partial charge is 0.0980 e. The third-order valence-corrected chi connectivity index (χ3v) is 1.84. The molecule has 0 unspecified atom stereocenters. The number of rotatable bonds is 11. The molecule has 0 saturated heterocycles. The van der Waals surface area contributed by atoms with Crippen molar-refractivity contribution in [2.24, 2.45) is 0 Å². The first-order valence-corrected chi connectivity index (χ1v) is 6.31. The van der Waals surface area contributed by atoms with Crippen LogP contribution in [0.5, 0.6) is 0 Å². The fraction of sp³-hybridized carbons (Fsp3) is 1.00. The van der Waals surface area contributed by atoms with E-state index < -0.39 is 0 Å². The van der Waals surface area contributed by atoms with Gasteiger partial charge in [0, 0.05) is 6.61 Å². The average Bonchev–Trinajstić information content (AvgIpc) is 2.21. The van der Waals surface area contributed by atoms with Crippen molar-refractivity contribution in [3.63, 3.8) is 0 Å². The largest absolute Gasteiger partial charge is 0.379 e. The van der Waals surface area contributed by atoms with Gasteiger partial charge in [0.2, 0.25) is 0 Å². The van der Waals surface area contributed by atoms with Gasteiger partial charge in [-0.25, -0.2) is 0 Å². The highest BCUT2D eigenvalue weighted by atomic mass is 127. The average molecular weight is 318 g/mol. The Hall–Kier alpha value is 0.570. The zero-order valence-corrected chi connectivity index (χ0v) is 10.8. The van der Waals surface area contributed by atoms with E-state index in [1.807, 2.05) is 6.92 Å². The predicted molar refractivity (Wildman–Crippen MR) is 63.0 cm³/mol. The molecule has 0 fully saturated rings. The maximum Gasteiger partial charge on any atom is 0.0980 e. The Morgan fingerprint density at radius 2 is 1.14 bits per heavy atom. The van der Waals surface area contributed by atoms with Crippen LogP contribution in [0, 0.1) is 0 Å². The quantitative estimate of drug-likeness (QED) is 0.328. The summed E-state index contributed by atoms with van der Waals surface area (Å²) in [7, 11) is 0. The molecule has 0 aromatic carbocycles. The van der Waals surface area contributed by atoms with Gasteiger partial charge in [-0.2, -0.15) is 0 Å². The minimum atomic E-state index is 0.622. The molecule has 0 radical (unpaired) electrons. The zero-order chi connectivity index (χ0) is 10.5. The number of halogens is 1. The first-order valence-electron chi connectivity index (χ1n) is 4.78. The van der Waals surface area contributed by atoms with Crippen molar-refractivity contribution in [2.45, 2.75) is 6.92 Å². The second-order valence-electron chi connectivity index (χ2n) is 2.44. The number of alkyl halides is 1. The Morgan fingerprint density at radius 1 is 0.714 bits per heavy atom. The normalized spacial score (nSPS) is 10.7. The Labute approximate surface area is 99.4 Å². The molecule has 0 aromatic rings. The second kappa shape index (κ2) is 13.6. The summed E-state index contributed by atoms with van der Waals surface area (Å²) in [4.78, 5) is 0. The molecule has 0 aliphatic rings. The summed E-state index contributed by atoms with van der Waals surface area (Å²) in [5.41, 5.74) is 0.